The second kappa shape index (κ2) is 4.94. The third kappa shape index (κ3) is 2.92. The highest BCUT2D eigenvalue weighted by Crippen LogP contribution is 2.16. The highest BCUT2D eigenvalue weighted by atomic mass is 16.6. The topological polar surface area (TPSA) is 36.9 Å². The van der Waals surface area contributed by atoms with Crippen LogP contribution in [-0.2, 0) is 4.84 Å². The smallest absolute Gasteiger partial charge is 0.145 e. The van der Waals surface area contributed by atoms with Gasteiger partial charge in [0.1, 0.15) is 6.10 Å². The first kappa shape index (κ1) is 10.9. The molecule has 0 saturated carbocycles. The number of piperazine rings is 1. The SMILES string of the molecule is CC(C)C1=NOC(CN2CCNCC2)C1. The van der Waals surface area contributed by atoms with Gasteiger partial charge in [0.25, 0.3) is 0 Å². The van der Waals surface area contributed by atoms with E-state index in [0.717, 1.165) is 39.1 Å². The van der Waals surface area contributed by atoms with Crippen molar-refractivity contribution >= 4 is 5.71 Å². The van der Waals surface area contributed by atoms with E-state index in [1.165, 1.54) is 5.71 Å². The van der Waals surface area contributed by atoms with E-state index in [2.05, 4.69) is 29.2 Å². The minimum absolute atomic E-state index is 0.292. The average Bonchev–Trinajstić information content (AvgIpc) is 2.68. The summed E-state index contributed by atoms with van der Waals surface area (Å²) in [6.07, 6.45) is 1.31. The second-order valence-corrected chi connectivity index (χ2v) is 4.72. The third-order valence-electron chi connectivity index (χ3n) is 3.09. The molecule has 2 heterocycles. The van der Waals surface area contributed by atoms with E-state index >= 15 is 0 Å². The molecule has 0 bridgehead atoms. The van der Waals surface area contributed by atoms with E-state index in [-0.39, 0.29) is 0 Å². The fourth-order valence-electron chi connectivity index (χ4n) is 2.07. The van der Waals surface area contributed by atoms with Crippen molar-refractivity contribution in [3.63, 3.8) is 0 Å². The molecule has 1 N–H and O–H groups in total. The zero-order valence-corrected chi connectivity index (χ0v) is 9.70. The van der Waals surface area contributed by atoms with Gasteiger partial charge >= 0.3 is 0 Å². The fraction of sp³-hybridized carbons (Fsp3) is 0.909. The molecule has 0 aliphatic carbocycles. The maximum absolute atomic E-state index is 5.46. The number of hydrogen-bond acceptors (Lipinski definition) is 4. The Morgan fingerprint density at radius 3 is 2.80 bits per heavy atom. The number of oxime groups is 1. The Labute approximate surface area is 91.6 Å². The van der Waals surface area contributed by atoms with Gasteiger partial charge in [-0.15, -0.1) is 0 Å². The normalized spacial score (nSPS) is 27.9. The zero-order chi connectivity index (χ0) is 10.7. The maximum atomic E-state index is 5.46. The van der Waals surface area contributed by atoms with E-state index in [9.17, 15) is 0 Å². The van der Waals surface area contributed by atoms with Crippen LogP contribution in [0.25, 0.3) is 0 Å². The standard InChI is InChI=1S/C11H21N3O/c1-9(2)11-7-10(15-13-11)8-14-5-3-12-4-6-14/h9-10,12H,3-8H2,1-2H3. The first-order valence-corrected chi connectivity index (χ1v) is 5.91. The lowest BCUT2D eigenvalue weighted by Gasteiger charge is -2.28. The maximum Gasteiger partial charge on any atom is 0.145 e. The van der Waals surface area contributed by atoms with Gasteiger partial charge in [-0.2, -0.15) is 0 Å². The van der Waals surface area contributed by atoms with Gasteiger partial charge in [-0.1, -0.05) is 19.0 Å². The van der Waals surface area contributed by atoms with Gasteiger partial charge in [0.05, 0.1) is 5.71 Å². The van der Waals surface area contributed by atoms with Crippen LogP contribution >= 0.6 is 0 Å². The summed E-state index contributed by atoms with van der Waals surface area (Å²) in [5.74, 6) is 0.526. The van der Waals surface area contributed by atoms with Crippen molar-refractivity contribution in [2.45, 2.75) is 26.4 Å². The summed E-state index contributed by atoms with van der Waals surface area (Å²) >= 11 is 0. The summed E-state index contributed by atoms with van der Waals surface area (Å²) in [5.41, 5.74) is 1.22. The second-order valence-electron chi connectivity index (χ2n) is 4.72. The molecule has 0 aromatic rings. The van der Waals surface area contributed by atoms with Gasteiger partial charge in [-0.05, 0) is 5.92 Å². The van der Waals surface area contributed by atoms with Crippen molar-refractivity contribution in [3.05, 3.63) is 0 Å². The molecule has 15 heavy (non-hydrogen) atoms. The highest BCUT2D eigenvalue weighted by Gasteiger charge is 2.25. The van der Waals surface area contributed by atoms with Crippen LogP contribution in [-0.4, -0.2) is 49.4 Å². The quantitative estimate of drug-likeness (QED) is 0.746. The lowest BCUT2D eigenvalue weighted by atomic mass is 10.0. The molecule has 2 aliphatic heterocycles. The van der Waals surface area contributed by atoms with Gasteiger partial charge in [0.15, 0.2) is 0 Å². The molecule has 0 spiro atoms. The molecular formula is C11H21N3O. The van der Waals surface area contributed by atoms with Crippen LogP contribution in [0.2, 0.25) is 0 Å². The summed E-state index contributed by atoms with van der Waals surface area (Å²) in [4.78, 5) is 7.91. The zero-order valence-electron chi connectivity index (χ0n) is 9.70. The van der Waals surface area contributed by atoms with Gasteiger partial charge in [-0.3, -0.25) is 4.90 Å². The molecule has 4 heteroatoms. The highest BCUT2D eigenvalue weighted by molar-refractivity contribution is 5.87. The van der Waals surface area contributed by atoms with Crippen molar-refractivity contribution in [1.29, 1.82) is 0 Å². The van der Waals surface area contributed by atoms with Crippen molar-refractivity contribution in [2.24, 2.45) is 11.1 Å². The van der Waals surface area contributed by atoms with Gasteiger partial charge in [-0.25, -0.2) is 0 Å². The number of nitrogens with zero attached hydrogens (tertiary/aromatic N) is 2. The van der Waals surface area contributed by atoms with Crippen LogP contribution < -0.4 is 5.32 Å². The predicted molar refractivity (Wildman–Crippen MR) is 61.1 cm³/mol. The van der Waals surface area contributed by atoms with E-state index in [4.69, 9.17) is 4.84 Å². The van der Waals surface area contributed by atoms with Crippen molar-refractivity contribution in [3.8, 4) is 0 Å². The van der Waals surface area contributed by atoms with E-state index in [1.807, 2.05) is 0 Å². The molecule has 0 aromatic carbocycles. The van der Waals surface area contributed by atoms with Crippen molar-refractivity contribution in [2.75, 3.05) is 32.7 Å². The molecule has 86 valence electrons. The summed E-state index contributed by atoms with van der Waals surface area (Å²) < 4.78 is 0. The Bertz CT molecular complexity index is 234. The van der Waals surface area contributed by atoms with E-state index in [1.54, 1.807) is 0 Å². The van der Waals surface area contributed by atoms with Crippen LogP contribution in [0.3, 0.4) is 0 Å². The summed E-state index contributed by atoms with van der Waals surface area (Å²) in [5, 5.41) is 7.51. The summed E-state index contributed by atoms with van der Waals surface area (Å²) in [7, 11) is 0. The summed E-state index contributed by atoms with van der Waals surface area (Å²) in [6, 6.07) is 0. The fourth-order valence-corrected chi connectivity index (χ4v) is 2.07. The van der Waals surface area contributed by atoms with E-state index < -0.39 is 0 Å². The Hall–Kier alpha value is -0.610. The van der Waals surface area contributed by atoms with Gasteiger partial charge < -0.3 is 10.2 Å². The molecule has 1 saturated heterocycles. The molecule has 2 aliphatic rings. The van der Waals surface area contributed by atoms with Crippen LogP contribution in [0.15, 0.2) is 5.16 Å². The van der Waals surface area contributed by atoms with Crippen molar-refractivity contribution < 1.29 is 4.84 Å². The lowest BCUT2D eigenvalue weighted by Crippen LogP contribution is -2.46. The lowest BCUT2D eigenvalue weighted by molar-refractivity contribution is 0.0492. The summed E-state index contributed by atoms with van der Waals surface area (Å²) in [6.45, 7) is 9.86. The molecule has 0 radical (unpaired) electrons. The molecule has 0 amide bonds. The minimum atomic E-state index is 0.292. The van der Waals surface area contributed by atoms with Crippen LogP contribution in [0, 0.1) is 5.92 Å². The monoisotopic (exact) mass is 211 g/mol. The van der Waals surface area contributed by atoms with Gasteiger partial charge in [0.2, 0.25) is 0 Å². The molecule has 2 rings (SSSR count). The largest absolute Gasteiger partial charge is 0.391 e. The molecule has 0 aromatic heterocycles. The van der Waals surface area contributed by atoms with Crippen LogP contribution in [0.5, 0.6) is 0 Å². The Morgan fingerprint density at radius 2 is 2.20 bits per heavy atom. The first-order chi connectivity index (χ1) is 7.25. The molecule has 1 fully saturated rings. The average molecular weight is 211 g/mol. The van der Waals surface area contributed by atoms with Crippen molar-refractivity contribution in [1.82, 2.24) is 10.2 Å². The molecular weight excluding hydrogens is 190 g/mol. The first-order valence-electron chi connectivity index (χ1n) is 5.91. The third-order valence-corrected chi connectivity index (χ3v) is 3.09. The van der Waals surface area contributed by atoms with Crippen LogP contribution in [0.1, 0.15) is 20.3 Å². The molecule has 1 unspecified atom stereocenters. The number of rotatable bonds is 3. The van der Waals surface area contributed by atoms with Crippen LogP contribution in [0.4, 0.5) is 0 Å². The Morgan fingerprint density at radius 1 is 1.47 bits per heavy atom. The predicted octanol–water partition coefficient (Wildman–Crippen LogP) is 0.692. The number of hydrogen-bond donors (Lipinski definition) is 1. The molecule has 1 atom stereocenters. The Kier molecular flexibility index (Phi) is 3.59. The molecule has 4 nitrogen and oxygen atoms in total. The number of nitrogens with one attached hydrogen (secondary N) is 1. The van der Waals surface area contributed by atoms with Gasteiger partial charge in [0, 0.05) is 39.1 Å². The Balaban J connectivity index is 1.73. The minimum Gasteiger partial charge on any atom is -0.391 e. The van der Waals surface area contributed by atoms with E-state index in [0.29, 0.717) is 12.0 Å².